The Morgan fingerprint density at radius 2 is 1.95 bits per heavy atom. The Balaban J connectivity index is 1.92. The monoisotopic (exact) mass is 346 g/mol. The fourth-order valence-corrected chi connectivity index (χ4v) is 8.04. The van der Waals surface area contributed by atoms with E-state index in [1.54, 1.807) is 0 Å². The number of esters is 1. The van der Waals surface area contributed by atoms with Crippen molar-refractivity contribution in [1.29, 1.82) is 0 Å². The van der Waals surface area contributed by atoms with Crippen molar-refractivity contribution in [2.75, 3.05) is 25.7 Å². The number of fused-ring (bicyclic) bond motifs is 3. The third kappa shape index (κ3) is 2.50. The summed E-state index contributed by atoms with van der Waals surface area (Å²) in [6, 6.07) is 0. The lowest BCUT2D eigenvalue weighted by atomic mass is 9.63. The number of ketones is 1. The van der Waals surface area contributed by atoms with E-state index in [4.69, 9.17) is 9.47 Å². The molecule has 2 saturated carbocycles. The SMILES string of the molecule is COC(=O)C1CC2CC(CC(C(O)OC)C2=O)C12SCCS2. The Kier molecular flexibility index (Phi) is 4.79. The first kappa shape index (κ1) is 16.6. The highest BCUT2D eigenvalue weighted by atomic mass is 32.2. The molecule has 124 valence electrons. The molecule has 0 radical (unpaired) electrons. The average molecular weight is 346 g/mol. The van der Waals surface area contributed by atoms with Crippen molar-refractivity contribution in [3.05, 3.63) is 0 Å². The summed E-state index contributed by atoms with van der Waals surface area (Å²) in [4.78, 5) is 24.9. The lowest BCUT2D eigenvalue weighted by Crippen LogP contribution is -2.55. The van der Waals surface area contributed by atoms with E-state index >= 15 is 0 Å². The zero-order valence-corrected chi connectivity index (χ0v) is 14.5. The van der Waals surface area contributed by atoms with Gasteiger partial charge < -0.3 is 14.6 Å². The molecule has 5 nitrogen and oxygen atoms in total. The maximum atomic E-state index is 12.6. The van der Waals surface area contributed by atoms with Gasteiger partial charge in [-0.15, -0.1) is 23.5 Å². The molecule has 1 aliphatic heterocycles. The molecule has 5 atom stereocenters. The number of ether oxygens (including phenoxy) is 2. The van der Waals surface area contributed by atoms with Crippen molar-refractivity contribution in [3.63, 3.8) is 0 Å². The van der Waals surface area contributed by atoms with Crippen LogP contribution in [-0.2, 0) is 19.1 Å². The molecule has 22 heavy (non-hydrogen) atoms. The smallest absolute Gasteiger partial charge is 0.310 e. The number of aliphatic hydroxyl groups excluding tert-OH is 1. The number of Topliss-reactive ketones (excluding diaryl/α,β-unsaturated/α-hetero) is 1. The lowest BCUT2D eigenvalue weighted by molar-refractivity contribution is -0.164. The number of carbonyl (C=O) groups is 2. The van der Waals surface area contributed by atoms with Gasteiger partial charge in [0.2, 0.25) is 0 Å². The molecule has 1 spiro atoms. The second kappa shape index (κ2) is 6.34. The maximum absolute atomic E-state index is 12.6. The van der Waals surface area contributed by atoms with Gasteiger partial charge in [0.25, 0.3) is 0 Å². The van der Waals surface area contributed by atoms with Gasteiger partial charge >= 0.3 is 5.97 Å². The van der Waals surface area contributed by atoms with E-state index in [-0.39, 0.29) is 33.6 Å². The number of thioether (sulfide) groups is 2. The first-order valence-corrected chi connectivity index (χ1v) is 9.61. The van der Waals surface area contributed by atoms with Crippen molar-refractivity contribution in [2.45, 2.75) is 29.6 Å². The minimum absolute atomic E-state index is 0.0438. The van der Waals surface area contributed by atoms with Gasteiger partial charge in [-0.05, 0) is 25.2 Å². The number of carbonyl (C=O) groups excluding carboxylic acids is 2. The summed E-state index contributed by atoms with van der Waals surface area (Å²) in [6.45, 7) is 0. The Morgan fingerprint density at radius 1 is 1.27 bits per heavy atom. The topological polar surface area (TPSA) is 72.8 Å². The fraction of sp³-hybridized carbons (Fsp3) is 0.867. The normalized spacial score (nSPS) is 38.0. The lowest BCUT2D eigenvalue weighted by Gasteiger charge is -2.51. The molecule has 5 unspecified atom stereocenters. The van der Waals surface area contributed by atoms with Crippen molar-refractivity contribution < 1.29 is 24.2 Å². The van der Waals surface area contributed by atoms with Crippen LogP contribution in [0.2, 0.25) is 0 Å². The van der Waals surface area contributed by atoms with E-state index in [0.717, 1.165) is 17.9 Å². The summed E-state index contributed by atoms with van der Waals surface area (Å²) in [5.41, 5.74) is 0. The standard InChI is InChI=1S/C15H22O5S2/c1-19-13(17)10-7-9-5-8(12(10)16)6-11(14(18)20-2)15(9)21-3-4-22-15/h8-11,13,17H,3-7H2,1-2H3. The van der Waals surface area contributed by atoms with Crippen LogP contribution < -0.4 is 0 Å². The summed E-state index contributed by atoms with van der Waals surface area (Å²) in [6.07, 6.45) is 0.910. The van der Waals surface area contributed by atoms with Crippen molar-refractivity contribution in [2.24, 2.45) is 23.7 Å². The Morgan fingerprint density at radius 3 is 2.55 bits per heavy atom. The molecule has 1 saturated heterocycles. The first-order chi connectivity index (χ1) is 10.5. The van der Waals surface area contributed by atoms with E-state index in [9.17, 15) is 14.7 Å². The van der Waals surface area contributed by atoms with Gasteiger partial charge in [-0.2, -0.15) is 0 Å². The van der Waals surface area contributed by atoms with Crippen molar-refractivity contribution >= 4 is 35.3 Å². The van der Waals surface area contributed by atoms with Crippen LogP contribution in [0.25, 0.3) is 0 Å². The van der Waals surface area contributed by atoms with Gasteiger partial charge in [0.1, 0.15) is 5.78 Å². The van der Waals surface area contributed by atoms with E-state index in [2.05, 4.69) is 0 Å². The van der Waals surface area contributed by atoms with Crippen LogP contribution in [0.5, 0.6) is 0 Å². The van der Waals surface area contributed by atoms with Gasteiger partial charge in [-0.3, -0.25) is 9.59 Å². The fourth-order valence-electron chi connectivity index (χ4n) is 4.26. The molecule has 3 fully saturated rings. The van der Waals surface area contributed by atoms with Crippen molar-refractivity contribution in [3.8, 4) is 0 Å². The maximum Gasteiger partial charge on any atom is 0.310 e. The summed E-state index contributed by atoms with van der Waals surface area (Å²) in [7, 11) is 2.85. The minimum atomic E-state index is -1.04. The van der Waals surface area contributed by atoms with Crippen LogP contribution in [0.15, 0.2) is 0 Å². The third-order valence-corrected chi connectivity index (χ3v) is 9.18. The highest BCUT2D eigenvalue weighted by molar-refractivity contribution is 8.21. The first-order valence-electron chi connectivity index (χ1n) is 7.63. The predicted molar refractivity (Wildman–Crippen MR) is 85.5 cm³/mol. The largest absolute Gasteiger partial charge is 0.469 e. The van der Waals surface area contributed by atoms with Gasteiger partial charge in [0.05, 0.1) is 23.0 Å². The van der Waals surface area contributed by atoms with Gasteiger partial charge in [-0.1, -0.05) is 0 Å². The number of hydrogen-bond acceptors (Lipinski definition) is 7. The highest BCUT2D eigenvalue weighted by Gasteiger charge is 2.60. The highest BCUT2D eigenvalue weighted by Crippen LogP contribution is 2.63. The van der Waals surface area contributed by atoms with Gasteiger partial charge in [0.15, 0.2) is 6.29 Å². The van der Waals surface area contributed by atoms with Crippen LogP contribution in [0.1, 0.15) is 19.3 Å². The molecule has 1 N–H and O–H groups in total. The second-order valence-electron chi connectivity index (χ2n) is 6.23. The zero-order chi connectivity index (χ0) is 15.9. The number of aliphatic hydroxyl groups is 1. The molecular weight excluding hydrogens is 324 g/mol. The molecule has 2 bridgehead atoms. The average Bonchev–Trinajstić information content (AvgIpc) is 3.02. The quantitative estimate of drug-likeness (QED) is 0.614. The van der Waals surface area contributed by atoms with E-state index in [1.807, 2.05) is 23.5 Å². The van der Waals surface area contributed by atoms with E-state index in [0.29, 0.717) is 12.8 Å². The molecule has 1 heterocycles. The van der Waals surface area contributed by atoms with Gasteiger partial charge in [-0.25, -0.2) is 0 Å². The van der Waals surface area contributed by atoms with Gasteiger partial charge in [0, 0.05) is 24.5 Å². The van der Waals surface area contributed by atoms with Crippen LogP contribution in [-0.4, -0.2) is 53.0 Å². The minimum Gasteiger partial charge on any atom is -0.469 e. The van der Waals surface area contributed by atoms with E-state index in [1.165, 1.54) is 14.2 Å². The van der Waals surface area contributed by atoms with Crippen molar-refractivity contribution in [1.82, 2.24) is 0 Å². The molecule has 7 heteroatoms. The second-order valence-corrected chi connectivity index (χ2v) is 9.23. The zero-order valence-electron chi connectivity index (χ0n) is 12.8. The summed E-state index contributed by atoms with van der Waals surface area (Å²) in [5, 5.41) is 10.0. The van der Waals surface area contributed by atoms with Crippen LogP contribution in [0.4, 0.5) is 0 Å². The predicted octanol–water partition coefficient (Wildman–Crippen LogP) is 1.53. The summed E-state index contributed by atoms with van der Waals surface area (Å²) in [5.74, 6) is 1.26. The number of rotatable bonds is 3. The third-order valence-electron chi connectivity index (χ3n) is 5.26. The molecular formula is C15H22O5S2. The summed E-state index contributed by atoms with van der Waals surface area (Å²) < 4.78 is 9.82. The molecule has 2 aliphatic carbocycles. The number of hydrogen-bond donors (Lipinski definition) is 1. The molecule has 0 aromatic heterocycles. The molecule has 0 aromatic rings. The molecule has 0 amide bonds. The Bertz CT molecular complexity index is 463. The molecule has 3 rings (SSSR count). The van der Waals surface area contributed by atoms with Crippen LogP contribution in [0.3, 0.4) is 0 Å². The molecule has 3 aliphatic rings. The molecule has 0 aromatic carbocycles. The summed E-state index contributed by atoms with van der Waals surface area (Å²) >= 11 is 3.67. The van der Waals surface area contributed by atoms with Crippen LogP contribution in [0, 0.1) is 23.7 Å². The van der Waals surface area contributed by atoms with E-state index < -0.39 is 12.2 Å². The Labute approximate surface area is 138 Å². The van der Waals surface area contributed by atoms with Crippen LogP contribution >= 0.6 is 23.5 Å². The Hall–Kier alpha value is -0.240. The number of methoxy groups -OCH3 is 2.